The van der Waals surface area contributed by atoms with E-state index in [9.17, 15) is 5.11 Å². The van der Waals surface area contributed by atoms with E-state index >= 15 is 0 Å². The van der Waals surface area contributed by atoms with Crippen LogP contribution in [-0.4, -0.2) is 49.5 Å². The van der Waals surface area contributed by atoms with Gasteiger partial charge >= 0.3 is 0 Å². The first kappa shape index (κ1) is 7.82. The average molecular weight is 171 g/mol. The molecule has 0 aromatic carbocycles. The maximum atomic E-state index is 9.38. The lowest BCUT2D eigenvalue weighted by atomic mass is 10.2. The van der Waals surface area contributed by atoms with Gasteiger partial charge in [0, 0.05) is 6.54 Å². The van der Waals surface area contributed by atoms with Crippen LogP contribution in [0, 0.1) is 0 Å². The Kier molecular flexibility index (Phi) is 2.14. The molecule has 5 nitrogen and oxygen atoms in total. The molecule has 1 saturated heterocycles. The molecule has 5 heteroatoms. The smallest absolute Gasteiger partial charge is 0.191 e. The molecule has 0 aromatic rings. The van der Waals surface area contributed by atoms with E-state index in [-0.39, 0.29) is 6.04 Å². The van der Waals surface area contributed by atoms with Crippen molar-refractivity contribution >= 4 is 5.96 Å². The minimum absolute atomic E-state index is 0.00523. The monoisotopic (exact) mass is 171 g/mol. The van der Waals surface area contributed by atoms with E-state index in [4.69, 9.17) is 4.74 Å². The van der Waals surface area contributed by atoms with Crippen molar-refractivity contribution in [2.45, 2.75) is 12.1 Å². The number of aliphatic hydroxyl groups excluding tert-OH is 1. The second-order valence-corrected chi connectivity index (χ2v) is 3.01. The quantitative estimate of drug-likeness (QED) is 0.440. The van der Waals surface area contributed by atoms with Gasteiger partial charge in [-0.25, -0.2) is 0 Å². The standard InChI is InChI=1S/C7H13N3O2/c11-6-4-12-3-5(6)10-7-8-1-2-9-7/h5-6,11H,1-4H2,(H2,8,9,10). The van der Waals surface area contributed by atoms with E-state index in [1.807, 2.05) is 0 Å². The van der Waals surface area contributed by atoms with Gasteiger partial charge in [0.25, 0.3) is 0 Å². The summed E-state index contributed by atoms with van der Waals surface area (Å²) in [7, 11) is 0. The van der Waals surface area contributed by atoms with E-state index < -0.39 is 6.10 Å². The van der Waals surface area contributed by atoms with Gasteiger partial charge in [0.1, 0.15) is 0 Å². The van der Waals surface area contributed by atoms with E-state index in [0.29, 0.717) is 13.2 Å². The van der Waals surface area contributed by atoms with Gasteiger partial charge in [-0.15, -0.1) is 0 Å². The summed E-state index contributed by atoms with van der Waals surface area (Å²) >= 11 is 0. The third kappa shape index (κ3) is 1.51. The Balaban J connectivity index is 1.85. The first-order valence-corrected chi connectivity index (χ1v) is 4.17. The van der Waals surface area contributed by atoms with Gasteiger partial charge in [-0.05, 0) is 0 Å². The van der Waals surface area contributed by atoms with Gasteiger partial charge in [-0.2, -0.15) is 0 Å². The molecule has 0 saturated carbocycles. The molecule has 1 fully saturated rings. The number of nitrogens with one attached hydrogen (secondary N) is 2. The van der Waals surface area contributed by atoms with Crippen LogP contribution in [-0.2, 0) is 4.74 Å². The highest BCUT2D eigenvalue weighted by Gasteiger charge is 2.27. The number of aliphatic hydroxyl groups is 1. The molecule has 68 valence electrons. The zero-order valence-corrected chi connectivity index (χ0v) is 6.79. The lowest BCUT2D eigenvalue weighted by Crippen LogP contribution is -2.46. The number of ether oxygens (including phenoxy) is 1. The fourth-order valence-corrected chi connectivity index (χ4v) is 1.35. The second-order valence-electron chi connectivity index (χ2n) is 3.01. The minimum Gasteiger partial charge on any atom is -0.388 e. The summed E-state index contributed by atoms with van der Waals surface area (Å²) in [6.07, 6.45) is -0.407. The molecular formula is C7H13N3O2. The maximum Gasteiger partial charge on any atom is 0.191 e. The van der Waals surface area contributed by atoms with Crippen LogP contribution in [0.3, 0.4) is 0 Å². The van der Waals surface area contributed by atoms with Crippen molar-refractivity contribution in [1.29, 1.82) is 0 Å². The SMILES string of the molecule is OC1COCC1NC1=NCCN1. The summed E-state index contributed by atoms with van der Waals surface area (Å²) in [5, 5.41) is 15.5. The molecule has 2 unspecified atom stereocenters. The predicted molar refractivity (Wildman–Crippen MR) is 44.1 cm³/mol. The van der Waals surface area contributed by atoms with Crippen molar-refractivity contribution in [1.82, 2.24) is 10.6 Å². The van der Waals surface area contributed by atoms with Crippen LogP contribution in [0.4, 0.5) is 0 Å². The Morgan fingerprint density at radius 1 is 1.58 bits per heavy atom. The molecule has 0 radical (unpaired) electrons. The molecule has 0 aromatic heterocycles. The number of aliphatic imine (C=N–C) groups is 1. The predicted octanol–water partition coefficient (Wildman–Crippen LogP) is -1.71. The third-order valence-corrected chi connectivity index (χ3v) is 2.05. The van der Waals surface area contributed by atoms with E-state index in [1.165, 1.54) is 0 Å². The molecule has 0 amide bonds. The summed E-state index contributed by atoms with van der Waals surface area (Å²) < 4.78 is 5.08. The van der Waals surface area contributed by atoms with Crippen LogP contribution in [0.25, 0.3) is 0 Å². The number of hydrogen-bond donors (Lipinski definition) is 3. The fraction of sp³-hybridized carbons (Fsp3) is 0.857. The van der Waals surface area contributed by atoms with Gasteiger partial charge in [-0.1, -0.05) is 0 Å². The molecule has 12 heavy (non-hydrogen) atoms. The van der Waals surface area contributed by atoms with Crippen LogP contribution < -0.4 is 10.6 Å². The van der Waals surface area contributed by atoms with Crippen LogP contribution in [0.2, 0.25) is 0 Å². The highest BCUT2D eigenvalue weighted by atomic mass is 16.5. The van der Waals surface area contributed by atoms with Crippen LogP contribution >= 0.6 is 0 Å². The molecule has 0 spiro atoms. The first-order valence-electron chi connectivity index (χ1n) is 4.17. The lowest BCUT2D eigenvalue weighted by molar-refractivity contribution is 0.123. The fourth-order valence-electron chi connectivity index (χ4n) is 1.35. The van der Waals surface area contributed by atoms with E-state index in [0.717, 1.165) is 19.0 Å². The molecule has 2 aliphatic rings. The highest BCUT2D eigenvalue weighted by molar-refractivity contribution is 5.81. The van der Waals surface area contributed by atoms with Crippen molar-refractivity contribution < 1.29 is 9.84 Å². The van der Waals surface area contributed by atoms with Gasteiger partial charge in [0.2, 0.25) is 0 Å². The Bertz CT molecular complexity index is 195. The van der Waals surface area contributed by atoms with E-state index in [2.05, 4.69) is 15.6 Å². The molecule has 0 aliphatic carbocycles. The van der Waals surface area contributed by atoms with E-state index in [1.54, 1.807) is 0 Å². The molecule has 0 bridgehead atoms. The Labute approximate surface area is 70.8 Å². The topological polar surface area (TPSA) is 65.9 Å². The van der Waals surface area contributed by atoms with Crippen molar-refractivity contribution in [3.63, 3.8) is 0 Å². The van der Waals surface area contributed by atoms with Gasteiger partial charge in [0.15, 0.2) is 5.96 Å². The number of rotatable bonds is 1. The molecular weight excluding hydrogens is 158 g/mol. The van der Waals surface area contributed by atoms with Gasteiger partial charge < -0.3 is 20.5 Å². The largest absolute Gasteiger partial charge is 0.388 e. The average Bonchev–Trinajstić information content (AvgIpc) is 2.65. The molecule has 2 rings (SSSR count). The van der Waals surface area contributed by atoms with Gasteiger partial charge in [0.05, 0.1) is 31.9 Å². The summed E-state index contributed by atoms with van der Waals surface area (Å²) in [5.41, 5.74) is 0. The number of guanidine groups is 1. The summed E-state index contributed by atoms with van der Waals surface area (Å²) in [4.78, 5) is 4.16. The van der Waals surface area contributed by atoms with Crippen LogP contribution in [0.15, 0.2) is 4.99 Å². The number of hydrogen-bond acceptors (Lipinski definition) is 5. The molecule has 2 heterocycles. The van der Waals surface area contributed by atoms with Crippen molar-refractivity contribution in [2.24, 2.45) is 4.99 Å². The van der Waals surface area contributed by atoms with Gasteiger partial charge in [-0.3, -0.25) is 4.99 Å². The van der Waals surface area contributed by atoms with Crippen LogP contribution in [0.5, 0.6) is 0 Å². The second kappa shape index (κ2) is 3.28. The lowest BCUT2D eigenvalue weighted by Gasteiger charge is -2.15. The first-order chi connectivity index (χ1) is 5.86. The highest BCUT2D eigenvalue weighted by Crippen LogP contribution is 2.04. The Hall–Kier alpha value is -0.810. The zero-order valence-electron chi connectivity index (χ0n) is 6.79. The minimum atomic E-state index is -0.407. The summed E-state index contributed by atoms with van der Waals surface area (Å²) in [6.45, 7) is 2.67. The summed E-state index contributed by atoms with van der Waals surface area (Å²) in [5.74, 6) is 0.782. The Morgan fingerprint density at radius 2 is 2.50 bits per heavy atom. The third-order valence-electron chi connectivity index (χ3n) is 2.05. The number of nitrogens with zero attached hydrogens (tertiary/aromatic N) is 1. The maximum absolute atomic E-state index is 9.38. The molecule has 2 atom stereocenters. The van der Waals surface area contributed by atoms with Crippen molar-refractivity contribution in [2.75, 3.05) is 26.3 Å². The molecule has 2 aliphatic heterocycles. The summed E-state index contributed by atoms with van der Waals surface area (Å²) in [6, 6.07) is -0.00523. The zero-order chi connectivity index (χ0) is 8.39. The van der Waals surface area contributed by atoms with Crippen molar-refractivity contribution in [3.8, 4) is 0 Å². The Morgan fingerprint density at radius 3 is 3.08 bits per heavy atom. The van der Waals surface area contributed by atoms with Crippen LogP contribution in [0.1, 0.15) is 0 Å². The normalized spacial score (nSPS) is 34.6. The molecule has 3 N–H and O–H groups in total. The van der Waals surface area contributed by atoms with Crippen molar-refractivity contribution in [3.05, 3.63) is 0 Å².